The third-order valence-electron chi connectivity index (χ3n) is 3.48. The molecule has 2 rings (SSSR count). The second-order valence-corrected chi connectivity index (χ2v) is 4.21. The summed E-state index contributed by atoms with van der Waals surface area (Å²) in [6, 6.07) is 0. The van der Waals surface area contributed by atoms with E-state index in [1.54, 1.807) is 25.6 Å². The lowest BCUT2D eigenvalue weighted by Crippen LogP contribution is -2.52. The fourth-order valence-corrected chi connectivity index (χ4v) is 2.69. The summed E-state index contributed by atoms with van der Waals surface area (Å²) in [5.74, 6) is 0.0114. The van der Waals surface area contributed by atoms with Gasteiger partial charge in [-0.2, -0.15) is 0 Å². The van der Waals surface area contributed by atoms with Gasteiger partial charge < -0.3 is 5.32 Å². The summed E-state index contributed by atoms with van der Waals surface area (Å²) >= 11 is 0. The van der Waals surface area contributed by atoms with E-state index in [1.807, 2.05) is 0 Å². The number of carbonyl (C=O) groups is 1. The zero-order chi connectivity index (χ0) is 12.3. The number of carbonyl (C=O) groups excluding carboxylic acids is 1. The molecule has 0 spiro atoms. The molecule has 1 amide bonds. The van der Waals surface area contributed by atoms with Crippen LogP contribution >= 0.6 is 0 Å². The summed E-state index contributed by atoms with van der Waals surface area (Å²) < 4.78 is 0. The number of nitrogens with one attached hydrogen (secondary N) is 1. The summed E-state index contributed by atoms with van der Waals surface area (Å²) in [5.41, 5.74) is 0.122. The zero-order valence-electron chi connectivity index (χ0n) is 10.3. The first-order chi connectivity index (χ1) is 8.25. The number of hydrogen-bond donors (Lipinski definition) is 1. The molecule has 92 valence electrons. The van der Waals surface area contributed by atoms with Gasteiger partial charge in [0.2, 0.25) is 5.91 Å². The lowest BCUT2D eigenvalue weighted by molar-refractivity contribution is -0.132. The highest BCUT2D eigenvalue weighted by atomic mass is 16.2. The van der Waals surface area contributed by atoms with Crippen LogP contribution in [0.5, 0.6) is 0 Å². The Morgan fingerprint density at radius 3 is 3.00 bits per heavy atom. The van der Waals surface area contributed by atoms with E-state index in [1.165, 1.54) is 0 Å². The Bertz CT molecular complexity index is 395. The van der Waals surface area contributed by atoms with Crippen LogP contribution in [0.25, 0.3) is 0 Å². The number of likely N-dealkylation sites (tertiary alicyclic amines) is 1. The Hall–Kier alpha value is -1.49. The number of rotatable bonds is 3. The first-order valence-corrected chi connectivity index (χ1v) is 5.99. The Morgan fingerprint density at radius 2 is 2.41 bits per heavy atom. The number of aromatic nitrogens is 2. The molecule has 1 aromatic rings. The fourth-order valence-electron chi connectivity index (χ4n) is 2.69. The molecule has 1 atom stereocenters. The normalized spacial score (nSPS) is 24.8. The van der Waals surface area contributed by atoms with Crippen molar-refractivity contribution in [3.05, 3.63) is 24.3 Å². The van der Waals surface area contributed by atoms with Crippen LogP contribution in [0.4, 0.5) is 0 Å². The SMILES string of the molecule is CCN1CCC[C@]1(C(=O)NC)c1cnccn1. The van der Waals surface area contributed by atoms with E-state index in [4.69, 9.17) is 0 Å². The molecule has 0 saturated carbocycles. The molecule has 1 aliphatic rings. The van der Waals surface area contributed by atoms with E-state index < -0.39 is 5.54 Å². The minimum atomic E-state index is -0.627. The van der Waals surface area contributed by atoms with Crippen molar-refractivity contribution in [2.75, 3.05) is 20.1 Å². The third-order valence-corrected chi connectivity index (χ3v) is 3.48. The Balaban J connectivity index is 2.48. The van der Waals surface area contributed by atoms with Gasteiger partial charge in [0, 0.05) is 19.4 Å². The first-order valence-electron chi connectivity index (χ1n) is 5.99. The molecule has 0 bridgehead atoms. The third kappa shape index (κ3) is 1.80. The summed E-state index contributed by atoms with van der Waals surface area (Å²) in [6.07, 6.45) is 6.79. The average molecular weight is 234 g/mol. The van der Waals surface area contributed by atoms with Crippen molar-refractivity contribution in [2.24, 2.45) is 0 Å². The van der Waals surface area contributed by atoms with E-state index in [9.17, 15) is 4.79 Å². The predicted molar refractivity (Wildman–Crippen MR) is 64.3 cm³/mol. The molecule has 1 fully saturated rings. The molecule has 17 heavy (non-hydrogen) atoms. The van der Waals surface area contributed by atoms with Crippen molar-refractivity contribution in [1.82, 2.24) is 20.2 Å². The van der Waals surface area contributed by atoms with E-state index >= 15 is 0 Å². The lowest BCUT2D eigenvalue weighted by atomic mass is 9.91. The fraction of sp³-hybridized carbons (Fsp3) is 0.583. The molecule has 5 nitrogen and oxygen atoms in total. The van der Waals surface area contributed by atoms with E-state index in [0.29, 0.717) is 0 Å². The smallest absolute Gasteiger partial charge is 0.246 e. The highest BCUT2D eigenvalue weighted by Gasteiger charge is 2.49. The van der Waals surface area contributed by atoms with E-state index in [-0.39, 0.29) is 5.91 Å². The number of nitrogens with zero attached hydrogens (tertiary/aromatic N) is 3. The molecule has 0 radical (unpaired) electrons. The van der Waals surface area contributed by atoms with Crippen molar-refractivity contribution in [3.8, 4) is 0 Å². The second-order valence-electron chi connectivity index (χ2n) is 4.21. The van der Waals surface area contributed by atoms with Crippen molar-refractivity contribution < 1.29 is 4.79 Å². The van der Waals surface area contributed by atoms with Crippen molar-refractivity contribution in [3.63, 3.8) is 0 Å². The number of likely N-dealkylation sites (N-methyl/N-ethyl adjacent to an activating group) is 2. The van der Waals surface area contributed by atoms with E-state index in [0.717, 1.165) is 31.6 Å². The summed E-state index contributed by atoms with van der Waals surface area (Å²) in [4.78, 5) is 22.9. The van der Waals surface area contributed by atoms with Gasteiger partial charge in [-0.3, -0.25) is 19.7 Å². The maximum absolute atomic E-state index is 12.3. The minimum absolute atomic E-state index is 0.0114. The summed E-state index contributed by atoms with van der Waals surface area (Å²) in [7, 11) is 1.67. The van der Waals surface area contributed by atoms with Gasteiger partial charge in [0.1, 0.15) is 5.54 Å². The highest BCUT2D eigenvalue weighted by Crippen LogP contribution is 2.37. The summed E-state index contributed by atoms with van der Waals surface area (Å²) in [6.45, 7) is 3.84. The van der Waals surface area contributed by atoms with Crippen LogP contribution in [0.3, 0.4) is 0 Å². The van der Waals surface area contributed by atoms with Gasteiger partial charge in [-0.05, 0) is 25.9 Å². The topological polar surface area (TPSA) is 58.1 Å². The van der Waals surface area contributed by atoms with Crippen LogP contribution in [0.15, 0.2) is 18.6 Å². The molecule has 5 heteroatoms. The maximum Gasteiger partial charge on any atom is 0.246 e. The molecule has 1 aliphatic heterocycles. The Kier molecular flexibility index (Phi) is 3.38. The van der Waals surface area contributed by atoms with E-state index in [2.05, 4.69) is 27.1 Å². The van der Waals surface area contributed by atoms with Crippen LogP contribution in [0.1, 0.15) is 25.5 Å². The molecular weight excluding hydrogens is 216 g/mol. The van der Waals surface area contributed by atoms with Crippen LogP contribution in [0.2, 0.25) is 0 Å². The molecule has 0 aromatic carbocycles. The molecule has 0 unspecified atom stereocenters. The van der Waals surface area contributed by atoms with Gasteiger partial charge in [0.05, 0.1) is 11.9 Å². The van der Waals surface area contributed by atoms with Crippen LogP contribution in [0, 0.1) is 0 Å². The summed E-state index contributed by atoms with van der Waals surface area (Å²) in [5, 5.41) is 2.76. The van der Waals surface area contributed by atoms with Crippen LogP contribution in [-0.2, 0) is 10.3 Å². The van der Waals surface area contributed by atoms with Crippen LogP contribution in [-0.4, -0.2) is 40.9 Å². The second kappa shape index (κ2) is 4.79. The average Bonchev–Trinajstić information content (AvgIpc) is 2.83. The van der Waals surface area contributed by atoms with Gasteiger partial charge in [-0.1, -0.05) is 6.92 Å². The molecule has 1 aromatic heterocycles. The number of hydrogen-bond acceptors (Lipinski definition) is 4. The Morgan fingerprint density at radius 1 is 1.59 bits per heavy atom. The number of amides is 1. The monoisotopic (exact) mass is 234 g/mol. The molecule has 1 N–H and O–H groups in total. The Labute approximate surface area is 101 Å². The van der Waals surface area contributed by atoms with Gasteiger partial charge >= 0.3 is 0 Å². The van der Waals surface area contributed by atoms with Crippen molar-refractivity contribution in [2.45, 2.75) is 25.3 Å². The maximum atomic E-state index is 12.3. The van der Waals surface area contributed by atoms with Gasteiger partial charge in [0.15, 0.2) is 0 Å². The first kappa shape index (κ1) is 12.0. The predicted octanol–water partition coefficient (Wildman–Crippen LogP) is 0.534. The van der Waals surface area contributed by atoms with Gasteiger partial charge in [-0.25, -0.2) is 0 Å². The highest BCUT2D eigenvalue weighted by molar-refractivity contribution is 5.87. The quantitative estimate of drug-likeness (QED) is 0.829. The lowest BCUT2D eigenvalue weighted by Gasteiger charge is -2.35. The molecule has 0 aliphatic carbocycles. The molecule has 1 saturated heterocycles. The van der Waals surface area contributed by atoms with Crippen LogP contribution < -0.4 is 5.32 Å². The minimum Gasteiger partial charge on any atom is -0.357 e. The molecular formula is C12H18N4O. The van der Waals surface area contributed by atoms with Gasteiger partial charge in [0.25, 0.3) is 0 Å². The largest absolute Gasteiger partial charge is 0.357 e. The van der Waals surface area contributed by atoms with Crippen molar-refractivity contribution >= 4 is 5.91 Å². The molecule has 2 heterocycles. The standard InChI is InChI=1S/C12H18N4O/c1-3-16-8-4-5-12(16,11(17)13-2)10-9-14-6-7-15-10/h6-7,9H,3-5,8H2,1-2H3,(H,13,17)/t12-/m1/s1. The zero-order valence-corrected chi connectivity index (χ0v) is 10.3. The van der Waals surface area contributed by atoms with Gasteiger partial charge in [-0.15, -0.1) is 0 Å². The van der Waals surface area contributed by atoms with Crippen molar-refractivity contribution in [1.29, 1.82) is 0 Å².